The van der Waals surface area contributed by atoms with E-state index in [9.17, 15) is 4.79 Å². The lowest BCUT2D eigenvalue weighted by Crippen LogP contribution is -2.38. The van der Waals surface area contributed by atoms with Crippen molar-refractivity contribution in [3.8, 4) is 0 Å². The first-order chi connectivity index (χ1) is 8.12. The summed E-state index contributed by atoms with van der Waals surface area (Å²) in [5, 5.41) is 0. The Morgan fingerprint density at radius 2 is 1.89 bits per heavy atom. The van der Waals surface area contributed by atoms with E-state index in [4.69, 9.17) is 5.73 Å². The number of halogens is 1. The van der Waals surface area contributed by atoms with Gasteiger partial charge in [-0.15, -0.1) is 12.4 Å². The number of hydrogen-bond donors (Lipinski definition) is 1. The number of amides is 1. The number of nitrogens with zero attached hydrogens (tertiary/aromatic N) is 1. The zero-order chi connectivity index (χ0) is 12.8. The molecule has 0 saturated heterocycles. The third-order valence-corrected chi connectivity index (χ3v) is 4.15. The Bertz CT molecular complexity index is 244. The van der Waals surface area contributed by atoms with Crippen LogP contribution in [0.2, 0.25) is 0 Å². The van der Waals surface area contributed by atoms with Crippen LogP contribution in [0.25, 0.3) is 0 Å². The number of carbonyl (C=O) groups is 1. The van der Waals surface area contributed by atoms with Gasteiger partial charge in [-0.1, -0.05) is 26.7 Å². The fraction of sp³-hybridized carbons (Fsp3) is 0.929. The van der Waals surface area contributed by atoms with Gasteiger partial charge in [-0.3, -0.25) is 4.79 Å². The predicted molar refractivity (Wildman–Crippen MR) is 78.9 cm³/mol. The van der Waals surface area contributed by atoms with Crippen molar-refractivity contribution < 1.29 is 4.79 Å². The summed E-state index contributed by atoms with van der Waals surface area (Å²) in [6.07, 6.45) is 5.20. The minimum atomic E-state index is 0. The maximum atomic E-state index is 12.4. The van der Waals surface area contributed by atoms with Crippen LogP contribution in [0.15, 0.2) is 0 Å². The van der Waals surface area contributed by atoms with Crippen molar-refractivity contribution in [2.45, 2.75) is 58.9 Å². The molecule has 18 heavy (non-hydrogen) atoms. The van der Waals surface area contributed by atoms with Crippen LogP contribution >= 0.6 is 12.4 Å². The molecule has 0 spiro atoms. The third-order valence-electron chi connectivity index (χ3n) is 4.15. The molecule has 1 aliphatic carbocycles. The van der Waals surface area contributed by atoms with Gasteiger partial charge in [-0.2, -0.15) is 0 Å². The Balaban J connectivity index is 0.00000289. The van der Waals surface area contributed by atoms with E-state index in [0.29, 0.717) is 11.8 Å². The molecule has 2 atom stereocenters. The molecular formula is C14H29ClN2O. The monoisotopic (exact) mass is 276 g/mol. The molecule has 1 saturated carbocycles. The Kier molecular flexibility index (Phi) is 8.62. The Hall–Kier alpha value is -0.280. The first-order valence-corrected chi connectivity index (χ1v) is 7.16. The minimum absolute atomic E-state index is 0. The summed E-state index contributed by atoms with van der Waals surface area (Å²) in [7, 11) is 0. The zero-order valence-electron chi connectivity index (χ0n) is 12.0. The van der Waals surface area contributed by atoms with Crippen LogP contribution in [-0.2, 0) is 4.79 Å². The molecule has 2 unspecified atom stereocenters. The van der Waals surface area contributed by atoms with Crippen LogP contribution in [0.4, 0.5) is 0 Å². The lowest BCUT2D eigenvalue weighted by molar-refractivity contribution is -0.135. The van der Waals surface area contributed by atoms with Crippen LogP contribution in [0.1, 0.15) is 52.9 Å². The Morgan fingerprint density at radius 3 is 2.28 bits per heavy atom. The molecule has 3 nitrogen and oxygen atoms in total. The molecule has 0 heterocycles. The number of hydrogen-bond acceptors (Lipinski definition) is 2. The molecular weight excluding hydrogens is 248 g/mol. The normalized spacial score (nSPS) is 22.9. The number of nitrogens with two attached hydrogens (primary N) is 1. The lowest BCUT2D eigenvalue weighted by atomic mass is 10.0. The first kappa shape index (κ1) is 17.7. The standard InChI is InChI=1S/C14H28N2O.ClH/c1-4-11(5-2)10-16(6-3)14(17)12-7-8-13(15)9-12;/h11-13H,4-10,15H2,1-3H3;1H. The fourth-order valence-electron chi connectivity index (χ4n) is 2.73. The second-order valence-corrected chi connectivity index (χ2v) is 5.33. The van der Waals surface area contributed by atoms with Gasteiger partial charge in [0.05, 0.1) is 0 Å². The number of rotatable bonds is 6. The zero-order valence-corrected chi connectivity index (χ0v) is 12.8. The molecule has 4 heteroatoms. The largest absolute Gasteiger partial charge is 0.342 e. The van der Waals surface area contributed by atoms with Crippen LogP contribution < -0.4 is 5.73 Å². The van der Waals surface area contributed by atoms with Crippen molar-refractivity contribution in [2.75, 3.05) is 13.1 Å². The minimum Gasteiger partial charge on any atom is -0.342 e. The third kappa shape index (κ3) is 4.77. The van der Waals surface area contributed by atoms with E-state index in [2.05, 4.69) is 20.8 Å². The highest BCUT2D eigenvalue weighted by Gasteiger charge is 2.30. The van der Waals surface area contributed by atoms with Gasteiger partial charge < -0.3 is 10.6 Å². The summed E-state index contributed by atoms with van der Waals surface area (Å²) in [6.45, 7) is 8.25. The van der Waals surface area contributed by atoms with Crippen molar-refractivity contribution in [1.82, 2.24) is 4.90 Å². The molecule has 0 radical (unpaired) electrons. The maximum absolute atomic E-state index is 12.4. The molecule has 0 aliphatic heterocycles. The van der Waals surface area contributed by atoms with Crippen molar-refractivity contribution in [3.63, 3.8) is 0 Å². The van der Waals surface area contributed by atoms with Crippen LogP contribution in [-0.4, -0.2) is 29.9 Å². The summed E-state index contributed by atoms with van der Waals surface area (Å²) in [6, 6.07) is 0.246. The highest BCUT2D eigenvalue weighted by molar-refractivity contribution is 5.85. The Morgan fingerprint density at radius 1 is 1.28 bits per heavy atom. The second kappa shape index (κ2) is 8.76. The maximum Gasteiger partial charge on any atom is 0.225 e. The van der Waals surface area contributed by atoms with Gasteiger partial charge >= 0.3 is 0 Å². The molecule has 1 amide bonds. The molecule has 0 aromatic heterocycles. The second-order valence-electron chi connectivity index (χ2n) is 5.33. The van der Waals surface area contributed by atoms with Gasteiger partial charge in [0.2, 0.25) is 5.91 Å². The SMILES string of the molecule is CCC(CC)CN(CC)C(=O)C1CCC(N)C1.Cl. The van der Waals surface area contributed by atoms with Gasteiger partial charge in [-0.25, -0.2) is 0 Å². The molecule has 0 aromatic rings. The number of carbonyl (C=O) groups excluding carboxylic acids is 1. The Labute approximate surface area is 118 Å². The van der Waals surface area contributed by atoms with Crippen molar-refractivity contribution in [1.29, 1.82) is 0 Å². The summed E-state index contributed by atoms with van der Waals surface area (Å²) >= 11 is 0. The molecule has 1 fully saturated rings. The van der Waals surface area contributed by atoms with Crippen molar-refractivity contribution in [3.05, 3.63) is 0 Å². The van der Waals surface area contributed by atoms with Crippen LogP contribution in [0.3, 0.4) is 0 Å². The summed E-state index contributed by atoms with van der Waals surface area (Å²) in [5.41, 5.74) is 5.89. The molecule has 1 aliphatic rings. The van der Waals surface area contributed by atoms with E-state index in [1.165, 1.54) is 0 Å². The van der Waals surface area contributed by atoms with Gasteiger partial charge in [0.1, 0.15) is 0 Å². The van der Waals surface area contributed by atoms with Gasteiger partial charge in [0, 0.05) is 25.0 Å². The van der Waals surface area contributed by atoms with Gasteiger partial charge in [0.15, 0.2) is 0 Å². The van der Waals surface area contributed by atoms with Crippen molar-refractivity contribution >= 4 is 18.3 Å². The smallest absolute Gasteiger partial charge is 0.225 e. The molecule has 0 bridgehead atoms. The molecule has 1 rings (SSSR count). The molecule has 2 N–H and O–H groups in total. The van der Waals surface area contributed by atoms with E-state index < -0.39 is 0 Å². The summed E-state index contributed by atoms with van der Waals surface area (Å²) < 4.78 is 0. The fourth-order valence-corrected chi connectivity index (χ4v) is 2.73. The molecule has 0 aromatic carbocycles. The van der Waals surface area contributed by atoms with Crippen LogP contribution in [0.5, 0.6) is 0 Å². The average Bonchev–Trinajstić information content (AvgIpc) is 2.77. The van der Waals surface area contributed by atoms with E-state index in [-0.39, 0.29) is 24.4 Å². The lowest BCUT2D eigenvalue weighted by Gasteiger charge is -2.28. The van der Waals surface area contributed by atoms with E-state index in [1.807, 2.05) is 4.90 Å². The predicted octanol–water partition coefficient (Wildman–Crippen LogP) is 2.82. The van der Waals surface area contributed by atoms with Gasteiger partial charge in [0.25, 0.3) is 0 Å². The quantitative estimate of drug-likeness (QED) is 0.811. The average molecular weight is 277 g/mol. The van der Waals surface area contributed by atoms with E-state index >= 15 is 0 Å². The van der Waals surface area contributed by atoms with Crippen molar-refractivity contribution in [2.24, 2.45) is 17.6 Å². The summed E-state index contributed by atoms with van der Waals surface area (Å²) in [4.78, 5) is 14.4. The summed E-state index contributed by atoms with van der Waals surface area (Å²) in [5.74, 6) is 1.18. The first-order valence-electron chi connectivity index (χ1n) is 7.16. The van der Waals surface area contributed by atoms with E-state index in [1.54, 1.807) is 0 Å². The molecule has 108 valence electrons. The van der Waals surface area contributed by atoms with E-state index in [0.717, 1.165) is 45.2 Å². The topological polar surface area (TPSA) is 46.3 Å². The van der Waals surface area contributed by atoms with Gasteiger partial charge in [-0.05, 0) is 32.1 Å². The highest BCUT2D eigenvalue weighted by Crippen LogP contribution is 2.26. The highest BCUT2D eigenvalue weighted by atomic mass is 35.5. The van der Waals surface area contributed by atoms with Crippen LogP contribution in [0, 0.1) is 11.8 Å².